The molecular formula is C14H21N3O4. The van der Waals surface area contributed by atoms with Crippen molar-refractivity contribution in [3.05, 3.63) is 17.5 Å². The number of aromatic nitrogens is 2. The number of amides is 1. The number of aryl methyl sites for hydroxylation is 1. The molecule has 0 unspecified atom stereocenters. The van der Waals surface area contributed by atoms with Gasteiger partial charge in [0.2, 0.25) is 0 Å². The highest BCUT2D eigenvalue weighted by Gasteiger charge is 2.20. The maximum atomic E-state index is 11.0. The van der Waals surface area contributed by atoms with Crippen molar-refractivity contribution >= 4 is 12.1 Å². The molecule has 1 aliphatic heterocycles. The molecule has 7 heteroatoms. The Labute approximate surface area is 123 Å². The quantitative estimate of drug-likeness (QED) is 0.654. The predicted molar refractivity (Wildman–Crippen MR) is 75.1 cm³/mol. The molecule has 0 fully saturated rings. The topological polar surface area (TPSA) is 84.7 Å². The standard InChI is InChI=1S/C14H21N3O4/c1-21-13(18)4-2-3-7-17-12-6-9-16(14(19)20)8-5-11(12)10-15-17/h10H,2-9H2,1H3,(H,19,20). The minimum atomic E-state index is -0.863. The van der Waals surface area contributed by atoms with Crippen LogP contribution in [0.4, 0.5) is 4.79 Å². The van der Waals surface area contributed by atoms with Crippen molar-refractivity contribution in [2.45, 2.75) is 38.6 Å². The molecule has 1 aromatic heterocycles. The lowest BCUT2D eigenvalue weighted by Crippen LogP contribution is -2.31. The molecule has 0 saturated carbocycles. The summed E-state index contributed by atoms with van der Waals surface area (Å²) < 4.78 is 6.55. The third-order valence-corrected chi connectivity index (χ3v) is 3.80. The van der Waals surface area contributed by atoms with E-state index in [1.165, 1.54) is 12.0 Å². The summed E-state index contributed by atoms with van der Waals surface area (Å²) in [4.78, 5) is 23.5. The van der Waals surface area contributed by atoms with E-state index < -0.39 is 6.09 Å². The van der Waals surface area contributed by atoms with E-state index in [-0.39, 0.29) is 5.97 Å². The first-order chi connectivity index (χ1) is 10.1. The number of fused-ring (bicyclic) bond motifs is 1. The van der Waals surface area contributed by atoms with Crippen LogP contribution in [-0.4, -0.2) is 52.0 Å². The number of carboxylic acid groups (broad SMARTS) is 1. The summed E-state index contributed by atoms with van der Waals surface area (Å²) in [7, 11) is 1.39. The Kier molecular flexibility index (Phi) is 5.19. The van der Waals surface area contributed by atoms with Gasteiger partial charge in [0.15, 0.2) is 0 Å². The SMILES string of the molecule is COC(=O)CCCCn1ncc2c1CCN(C(=O)O)CC2. The second-order valence-electron chi connectivity index (χ2n) is 5.14. The van der Waals surface area contributed by atoms with Crippen LogP contribution in [0.15, 0.2) is 6.20 Å². The number of carbonyl (C=O) groups excluding carboxylic acids is 1. The van der Waals surface area contributed by atoms with Crippen molar-refractivity contribution in [2.24, 2.45) is 0 Å². The van der Waals surface area contributed by atoms with Crippen LogP contribution in [0.5, 0.6) is 0 Å². The van der Waals surface area contributed by atoms with Gasteiger partial charge in [0.05, 0.1) is 13.3 Å². The molecule has 0 atom stereocenters. The molecule has 1 N–H and O–H groups in total. The number of carbonyl (C=O) groups is 2. The summed E-state index contributed by atoms with van der Waals surface area (Å²) >= 11 is 0. The third-order valence-electron chi connectivity index (χ3n) is 3.80. The largest absolute Gasteiger partial charge is 0.469 e. The number of hydrogen-bond donors (Lipinski definition) is 1. The molecule has 0 aliphatic carbocycles. The molecule has 21 heavy (non-hydrogen) atoms. The number of esters is 1. The fourth-order valence-corrected chi connectivity index (χ4v) is 2.57. The van der Waals surface area contributed by atoms with Gasteiger partial charge in [0.1, 0.15) is 0 Å². The van der Waals surface area contributed by atoms with Crippen LogP contribution in [0.2, 0.25) is 0 Å². The normalized spacial score (nSPS) is 14.4. The van der Waals surface area contributed by atoms with Crippen LogP contribution in [-0.2, 0) is 28.9 Å². The van der Waals surface area contributed by atoms with Gasteiger partial charge in [0.25, 0.3) is 0 Å². The molecule has 1 aliphatic rings. The second kappa shape index (κ2) is 7.10. The number of unbranched alkanes of at least 4 members (excludes halogenated alkanes) is 1. The zero-order chi connectivity index (χ0) is 15.2. The first-order valence-electron chi connectivity index (χ1n) is 7.20. The van der Waals surface area contributed by atoms with Gasteiger partial charge in [0, 0.05) is 38.2 Å². The molecule has 0 bridgehead atoms. The van der Waals surface area contributed by atoms with E-state index in [9.17, 15) is 9.59 Å². The first kappa shape index (κ1) is 15.3. The third kappa shape index (κ3) is 3.96. The predicted octanol–water partition coefficient (Wildman–Crippen LogP) is 1.30. The van der Waals surface area contributed by atoms with Crippen LogP contribution < -0.4 is 0 Å². The summed E-state index contributed by atoms with van der Waals surface area (Å²) in [5.41, 5.74) is 2.25. The van der Waals surface area contributed by atoms with Crippen molar-refractivity contribution in [2.75, 3.05) is 20.2 Å². The Balaban J connectivity index is 1.88. The van der Waals surface area contributed by atoms with Crippen LogP contribution in [0.25, 0.3) is 0 Å². The van der Waals surface area contributed by atoms with E-state index in [2.05, 4.69) is 9.84 Å². The summed E-state index contributed by atoms with van der Waals surface area (Å²) in [5, 5.41) is 13.4. The maximum Gasteiger partial charge on any atom is 0.407 e. The Bertz CT molecular complexity index is 512. The average molecular weight is 295 g/mol. The van der Waals surface area contributed by atoms with Gasteiger partial charge in [-0.25, -0.2) is 4.79 Å². The van der Waals surface area contributed by atoms with E-state index in [4.69, 9.17) is 5.11 Å². The number of hydrogen-bond acceptors (Lipinski definition) is 4. The Morgan fingerprint density at radius 3 is 2.81 bits per heavy atom. The molecule has 116 valence electrons. The summed E-state index contributed by atoms with van der Waals surface area (Å²) in [6.45, 7) is 1.78. The van der Waals surface area contributed by atoms with Crippen LogP contribution in [0.1, 0.15) is 30.5 Å². The van der Waals surface area contributed by atoms with Crippen LogP contribution >= 0.6 is 0 Å². The minimum absolute atomic E-state index is 0.189. The van der Waals surface area contributed by atoms with Crippen LogP contribution in [0, 0.1) is 0 Å². The lowest BCUT2D eigenvalue weighted by Gasteiger charge is -2.15. The number of methoxy groups -OCH3 is 1. The van der Waals surface area contributed by atoms with E-state index in [1.807, 2.05) is 10.9 Å². The monoisotopic (exact) mass is 295 g/mol. The highest BCUT2D eigenvalue weighted by molar-refractivity contribution is 5.69. The van der Waals surface area contributed by atoms with Crippen molar-refractivity contribution in [3.8, 4) is 0 Å². The lowest BCUT2D eigenvalue weighted by molar-refractivity contribution is -0.140. The summed E-state index contributed by atoms with van der Waals surface area (Å²) in [5.74, 6) is -0.189. The molecule has 0 aromatic carbocycles. The van der Waals surface area contributed by atoms with Crippen molar-refractivity contribution in [3.63, 3.8) is 0 Å². The fourth-order valence-electron chi connectivity index (χ4n) is 2.57. The van der Waals surface area contributed by atoms with Gasteiger partial charge in [-0.15, -0.1) is 0 Å². The zero-order valence-corrected chi connectivity index (χ0v) is 12.2. The van der Waals surface area contributed by atoms with E-state index >= 15 is 0 Å². The molecule has 2 heterocycles. The van der Waals surface area contributed by atoms with E-state index in [1.54, 1.807) is 0 Å². The van der Waals surface area contributed by atoms with Gasteiger partial charge in [-0.05, 0) is 24.8 Å². The molecule has 0 radical (unpaired) electrons. The Hall–Kier alpha value is -2.05. The van der Waals surface area contributed by atoms with Crippen molar-refractivity contribution < 1.29 is 19.4 Å². The van der Waals surface area contributed by atoms with Crippen molar-refractivity contribution in [1.29, 1.82) is 0 Å². The zero-order valence-electron chi connectivity index (χ0n) is 12.2. The van der Waals surface area contributed by atoms with Crippen LogP contribution in [0.3, 0.4) is 0 Å². The average Bonchev–Trinajstić information content (AvgIpc) is 2.72. The van der Waals surface area contributed by atoms with Gasteiger partial charge in [-0.3, -0.25) is 9.48 Å². The number of nitrogens with zero attached hydrogens (tertiary/aromatic N) is 3. The number of ether oxygens (including phenoxy) is 1. The number of rotatable bonds is 5. The highest BCUT2D eigenvalue weighted by Crippen LogP contribution is 2.16. The summed E-state index contributed by atoms with van der Waals surface area (Å²) in [6.07, 6.45) is 4.42. The molecule has 0 saturated heterocycles. The summed E-state index contributed by atoms with van der Waals surface area (Å²) in [6, 6.07) is 0. The van der Waals surface area contributed by atoms with Crippen molar-refractivity contribution in [1.82, 2.24) is 14.7 Å². The van der Waals surface area contributed by atoms with E-state index in [0.29, 0.717) is 32.4 Å². The molecule has 0 spiro atoms. The Morgan fingerprint density at radius 1 is 1.33 bits per heavy atom. The fraction of sp³-hybridized carbons (Fsp3) is 0.643. The molecule has 7 nitrogen and oxygen atoms in total. The first-order valence-corrected chi connectivity index (χ1v) is 7.20. The minimum Gasteiger partial charge on any atom is -0.469 e. The highest BCUT2D eigenvalue weighted by atomic mass is 16.5. The second-order valence-corrected chi connectivity index (χ2v) is 5.14. The Morgan fingerprint density at radius 2 is 2.10 bits per heavy atom. The van der Waals surface area contributed by atoms with Gasteiger partial charge >= 0.3 is 12.1 Å². The van der Waals surface area contributed by atoms with Gasteiger partial charge in [-0.2, -0.15) is 5.10 Å². The smallest absolute Gasteiger partial charge is 0.407 e. The lowest BCUT2D eigenvalue weighted by atomic mass is 10.1. The molecule has 1 amide bonds. The van der Waals surface area contributed by atoms with E-state index in [0.717, 1.165) is 30.6 Å². The molecule has 2 rings (SSSR count). The molecule has 1 aromatic rings. The van der Waals surface area contributed by atoms with Gasteiger partial charge < -0.3 is 14.7 Å². The molecular weight excluding hydrogens is 274 g/mol. The van der Waals surface area contributed by atoms with Gasteiger partial charge in [-0.1, -0.05) is 0 Å². The maximum absolute atomic E-state index is 11.0.